The number of rotatable bonds is 9. The topological polar surface area (TPSA) is 41.6 Å². The van der Waals surface area contributed by atoms with E-state index in [0.717, 1.165) is 30.6 Å². The van der Waals surface area contributed by atoms with E-state index in [9.17, 15) is 4.79 Å². The van der Waals surface area contributed by atoms with Gasteiger partial charge >= 0.3 is 0 Å². The zero-order valence-corrected chi connectivity index (χ0v) is 15.7. The molecule has 0 saturated carbocycles. The molecule has 1 unspecified atom stereocenters. The summed E-state index contributed by atoms with van der Waals surface area (Å²) in [6.07, 6.45) is 3.88. The molecule has 1 atom stereocenters. The van der Waals surface area contributed by atoms with Crippen molar-refractivity contribution >= 4 is 16.7 Å². The molecule has 1 saturated heterocycles. The first-order valence-electron chi connectivity index (χ1n) is 9.82. The van der Waals surface area contributed by atoms with E-state index in [1.165, 1.54) is 31.3 Å². The summed E-state index contributed by atoms with van der Waals surface area (Å²) in [5.74, 6) is 1.52. The van der Waals surface area contributed by atoms with Gasteiger partial charge in [0.1, 0.15) is 5.75 Å². The Labute approximate surface area is 156 Å². The molecule has 1 aliphatic heterocycles. The van der Waals surface area contributed by atoms with E-state index in [4.69, 9.17) is 4.74 Å². The second kappa shape index (κ2) is 9.58. The van der Waals surface area contributed by atoms with Gasteiger partial charge in [-0.3, -0.25) is 4.79 Å². The molecule has 2 aromatic rings. The van der Waals surface area contributed by atoms with Crippen LogP contribution >= 0.6 is 0 Å². The first-order valence-corrected chi connectivity index (χ1v) is 9.82. The number of likely N-dealkylation sites (tertiary alicyclic amines) is 1. The largest absolute Gasteiger partial charge is 0.493 e. The van der Waals surface area contributed by atoms with Gasteiger partial charge < -0.3 is 15.0 Å². The maximum Gasteiger partial charge on any atom is 0.220 e. The summed E-state index contributed by atoms with van der Waals surface area (Å²) in [5, 5.41) is 5.36. The Hall–Kier alpha value is -2.07. The molecule has 0 aromatic heterocycles. The van der Waals surface area contributed by atoms with E-state index in [1.807, 2.05) is 24.3 Å². The zero-order chi connectivity index (χ0) is 18.2. The molecule has 1 fully saturated rings. The molecule has 1 aliphatic rings. The van der Waals surface area contributed by atoms with Crippen molar-refractivity contribution in [2.45, 2.75) is 32.6 Å². The highest BCUT2D eigenvalue weighted by atomic mass is 16.5. The van der Waals surface area contributed by atoms with Gasteiger partial charge in [-0.25, -0.2) is 0 Å². The quantitative estimate of drug-likeness (QED) is 0.696. The summed E-state index contributed by atoms with van der Waals surface area (Å²) in [7, 11) is 0. The minimum atomic E-state index is 0.125. The molecule has 26 heavy (non-hydrogen) atoms. The number of carbonyl (C=O) groups excluding carboxylic acids is 1. The van der Waals surface area contributed by atoms with Gasteiger partial charge in [-0.1, -0.05) is 43.3 Å². The fourth-order valence-corrected chi connectivity index (χ4v) is 3.58. The average molecular weight is 354 g/mol. The van der Waals surface area contributed by atoms with E-state index >= 15 is 0 Å². The molecule has 1 heterocycles. The van der Waals surface area contributed by atoms with Gasteiger partial charge in [-0.15, -0.1) is 0 Å². The average Bonchev–Trinajstić information content (AvgIpc) is 3.16. The SMILES string of the molecule is CC(CNC(=O)CCCOc1cccc2ccccc12)CN1CCCC1. The number of benzene rings is 2. The highest BCUT2D eigenvalue weighted by Gasteiger charge is 2.15. The maximum absolute atomic E-state index is 12.0. The van der Waals surface area contributed by atoms with Crippen LogP contribution in [0.25, 0.3) is 10.8 Å². The fraction of sp³-hybridized carbons (Fsp3) is 0.500. The molecule has 4 nitrogen and oxygen atoms in total. The molecule has 1 amide bonds. The third kappa shape index (κ3) is 5.46. The second-order valence-corrected chi connectivity index (χ2v) is 7.35. The number of fused-ring (bicyclic) bond motifs is 1. The van der Waals surface area contributed by atoms with Crippen LogP contribution in [0.15, 0.2) is 42.5 Å². The molecular formula is C22H30N2O2. The molecule has 0 bridgehead atoms. The van der Waals surface area contributed by atoms with Crippen molar-refractivity contribution in [2.24, 2.45) is 5.92 Å². The van der Waals surface area contributed by atoms with Crippen LogP contribution in [-0.2, 0) is 4.79 Å². The molecule has 2 aromatic carbocycles. The van der Waals surface area contributed by atoms with Crippen molar-refractivity contribution in [1.82, 2.24) is 10.2 Å². The van der Waals surface area contributed by atoms with E-state index < -0.39 is 0 Å². The van der Waals surface area contributed by atoms with E-state index in [1.54, 1.807) is 0 Å². The Bertz CT molecular complexity index is 705. The third-order valence-corrected chi connectivity index (χ3v) is 4.97. The number of amides is 1. The van der Waals surface area contributed by atoms with Gasteiger partial charge in [0.2, 0.25) is 5.91 Å². The van der Waals surface area contributed by atoms with E-state index in [2.05, 4.69) is 35.3 Å². The number of ether oxygens (including phenoxy) is 1. The minimum absolute atomic E-state index is 0.125. The molecule has 0 radical (unpaired) electrons. The monoisotopic (exact) mass is 354 g/mol. The van der Waals surface area contributed by atoms with Crippen molar-refractivity contribution in [3.05, 3.63) is 42.5 Å². The van der Waals surface area contributed by atoms with Crippen molar-refractivity contribution in [3.8, 4) is 5.75 Å². The molecule has 4 heteroatoms. The third-order valence-electron chi connectivity index (χ3n) is 4.97. The maximum atomic E-state index is 12.0. The van der Waals surface area contributed by atoms with Crippen LogP contribution in [0, 0.1) is 5.92 Å². The van der Waals surface area contributed by atoms with Crippen molar-refractivity contribution in [3.63, 3.8) is 0 Å². The number of hydrogen-bond donors (Lipinski definition) is 1. The minimum Gasteiger partial charge on any atom is -0.493 e. The highest BCUT2D eigenvalue weighted by Crippen LogP contribution is 2.25. The predicted octanol–water partition coefficient (Wildman–Crippen LogP) is 3.85. The van der Waals surface area contributed by atoms with Gasteiger partial charge in [0.25, 0.3) is 0 Å². The number of nitrogens with one attached hydrogen (secondary N) is 1. The van der Waals surface area contributed by atoms with Crippen LogP contribution in [0.1, 0.15) is 32.6 Å². The first-order chi connectivity index (χ1) is 12.7. The molecule has 3 rings (SSSR count). The molecular weight excluding hydrogens is 324 g/mol. The lowest BCUT2D eigenvalue weighted by Crippen LogP contribution is -2.34. The Morgan fingerprint density at radius 3 is 2.77 bits per heavy atom. The Morgan fingerprint density at radius 2 is 1.92 bits per heavy atom. The number of nitrogens with zero attached hydrogens (tertiary/aromatic N) is 1. The fourth-order valence-electron chi connectivity index (χ4n) is 3.58. The molecule has 140 valence electrons. The second-order valence-electron chi connectivity index (χ2n) is 7.35. The standard InChI is InChI=1S/C22H30N2O2/c1-18(17-24-13-4-5-14-24)16-23-22(25)12-7-15-26-21-11-6-9-19-8-2-3-10-20(19)21/h2-3,6,8-11,18H,4-5,7,12-17H2,1H3,(H,23,25). The normalized spacial score (nSPS) is 15.9. The number of carbonyl (C=O) groups is 1. The summed E-state index contributed by atoms with van der Waals surface area (Å²) in [5.41, 5.74) is 0. The Kier molecular flexibility index (Phi) is 6.89. The predicted molar refractivity (Wildman–Crippen MR) is 107 cm³/mol. The van der Waals surface area contributed by atoms with E-state index in [-0.39, 0.29) is 5.91 Å². The first kappa shape index (κ1) is 18.7. The van der Waals surface area contributed by atoms with Crippen LogP contribution < -0.4 is 10.1 Å². The summed E-state index contributed by atoms with van der Waals surface area (Å²) in [4.78, 5) is 14.5. The molecule has 0 aliphatic carbocycles. The highest BCUT2D eigenvalue weighted by molar-refractivity contribution is 5.88. The molecule has 1 N–H and O–H groups in total. The van der Waals surface area contributed by atoms with Crippen molar-refractivity contribution in [1.29, 1.82) is 0 Å². The lowest BCUT2D eigenvalue weighted by Gasteiger charge is -2.20. The Morgan fingerprint density at radius 1 is 1.15 bits per heavy atom. The summed E-state index contributed by atoms with van der Waals surface area (Å²) < 4.78 is 5.90. The summed E-state index contributed by atoms with van der Waals surface area (Å²) in [6.45, 7) is 7.05. The summed E-state index contributed by atoms with van der Waals surface area (Å²) in [6, 6.07) is 14.3. The van der Waals surface area contributed by atoms with Crippen LogP contribution in [0.2, 0.25) is 0 Å². The van der Waals surface area contributed by atoms with Gasteiger partial charge in [0, 0.05) is 24.9 Å². The summed E-state index contributed by atoms with van der Waals surface area (Å²) >= 11 is 0. The van der Waals surface area contributed by atoms with Crippen LogP contribution in [0.3, 0.4) is 0 Å². The van der Waals surface area contributed by atoms with Crippen LogP contribution in [-0.4, -0.2) is 43.6 Å². The smallest absolute Gasteiger partial charge is 0.220 e. The van der Waals surface area contributed by atoms with Gasteiger partial charge in [0.05, 0.1) is 6.61 Å². The number of hydrogen-bond acceptors (Lipinski definition) is 3. The van der Waals surface area contributed by atoms with Gasteiger partial charge in [-0.05, 0) is 49.7 Å². The lowest BCUT2D eigenvalue weighted by atomic mass is 10.1. The van der Waals surface area contributed by atoms with Crippen molar-refractivity contribution in [2.75, 3.05) is 32.8 Å². The lowest BCUT2D eigenvalue weighted by molar-refractivity contribution is -0.121. The Balaban J connectivity index is 1.33. The van der Waals surface area contributed by atoms with E-state index in [0.29, 0.717) is 18.9 Å². The van der Waals surface area contributed by atoms with Gasteiger partial charge in [0.15, 0.2) is 0 Å². The van der Waals surface area contributed by atoms with Crippen LogP contribution in [0.4, 0.5) is 0 Å². The van der Waals surface area contributed by atoms with Crippen LogP contribution in [0.5, 0.6) is 5.75 Å². The zero-order valence-electron chi connectivity index (χ0n) is 15.7. The van der Waals surface area contributed by atoms with Crippen molar-refractivity contribution < 1.29 is 9.53 Å². The van der Waals surface area contributed by atoms with Gasteiger partial charge in [-0.2, -0.15) is 0 Å². The molecule has 0 spiro atoms.